The minimum absolute atomic E-state index is 0.225. The summed E-state index contributed by atoms with van der Waals surface area (Å²) in [6.07, 6.45) is 5.85. The molecule has 0 atom stereocenters. The van der Waals surface area contributed by atoms with Crippen LogP contribution in [0.3, 0.4) is 0 Å². The van der Waals surface area contributed by atoms with Crippen LogP contribution in [0.4, 0.5) is 0 Å². The Bertz CT molecular complexity index is 636. The topological polar surface area (TPSA) is 54.3 Å². The Morgan fingerprint density at radius 1 is 1.12 bits per heavy atom. The van der Waals surface area contributed by atoms with E-state index in [4.69, 9.17) is 0 Å². The maximum absolute atomic E-state index is 12.5. The molecule has 3 rings (SSSR count). The van der Waals surface area contributed by atoms with Crippen LogP contribution < -0.4 is 0 Å². The van der Waals surface area contributed by atoms with Crippen LogP contribution in [0.1, 0.15) is 5.56 Å². The summed E-state index contributed by atoms with van der Waals surface area (Å²) in [5.74, 6) is 0.225. The molecule has 2 heterocycles. The number of nitrogens with zero attached hydrogens (tertiary/aromatic N) is 5. The summed E-state index contributed by atoms with van der Waals surface area (Å²) in [6.45, 7) is 5.24. The lowest BCUT2D eigenvalue weighted by Crippen LogP contribution is -2.49. The van der Waals surface area contributed by atoms with E-state index in [2.05, 4.69) is 45.5 Å². The number of carbonyl (C=O) groups is 1. The van der Waals surface area contributed by atoms with Gasteiger partial charge in [0.25, 0.3) is 0 Å². The molecule has 1 aromatic carbocycles. The van der Waals surface area contributed by atoms with Gasteiger partial charge in [0.15, 0.2) is 0 Å². The fraction of sp³-hybridized carbons (Fsp3) is 0.471. The van der Waals surface area contributed by atoms with Crippen molar-refractivity contribution in [3.8, 4) is 0 Å². The predicted octanol–water partition coefficient (Wildman–Crippen LogP) is 1.39. The van der Waals surface area contributed by atoms with E-state index >= 15 is 0 Å². The highest BCUT2D eigenvalue weighted by Crippen LogP contribution is 2.15. The van der Waals surface area contributed by atoms with Crippen LogP contribution in [0.25, 0.3) is 0 Å². The zero-order chi connectivity index (χ0) is 16.8. The molecule has 0 radical (unpaired) electrons. The summed E-state index contributed by atoms with van der Waals surface area (Å²) in [5, 5.41) is 4.12. The second-order valence-corrected chi connectivity index (χ2v) is 6.79. The molecule has 0 unspecified atom stereocenters. The highest BCUT2D eigenvalue weighted by atomic mass is 32.2. The van der Waals surface area contributed by atoms with E-state index in [0.29, 0.717) is 6.42 Å². The minimum Gasteiger partial charge on any atom is -0.340 e. The third-order valence-electron chi connectivity index (χ3n) is 4.35. The Balaban J connectivity index is 1.42. The van der Waals surface area contributed by atoms with Gasteiger partial charge in [0.1, 0.15) is 12.7 Å². The normalized spacial score (nSPS) is 15.6. The highest BCUT2D eigenvalue weighted by molar-refractivity contribution is 7.98. The van der Waals surface area contributed by atoms with Crippen LogP contribution >= 0.6 is 11.8 Å². The zero-order valence-corrected chi connectivity index (χ0v) is 14.8. The van der Waals surface area contributed by atoms with Crippen molar-refractivity contribution in [2.24, 2.45) is 0 Å². The van der Waals surface area contributed by atoms with Gasteiger partial charge in [0.05, 0.1) is 13.0 Å². The lowest BCUT2D eigenvalue weighted by Gasteiger charge is -2.34. The SMILES string of the molecule is CSc1ccc(CC(=O)N2CCN(CCn3cncn3)CC2)cc1. The summed E-state index contributed by atoms with van der Waals surface area (Å²) in [6, 6.07) is 8.26. The Morgan fingerprint density at radius 2 is 1.88 bits per heavy atom. The van der Waals surface area contributed by atoms with Crippen molar-refractivity contribution in [1.82, 2.24) is 24.6 Å². The maximum atomic E-state index is 12.5. The van der Waals surface area contributed by atoms with Crippen molar-refractivity contribution in [2.45, 2.75) is 17.9 Å². The van der Waals surface area contributed by atoms with Crippen molar-refractivity contribution in [1.29, 1.82) is 0 Å². The number of aromatic nitrogens is 3. The molecule has 0 saturated carbocycles. The maximum Gasteiger partial charge on any atom is 0.227 e. The molecule has 6 nitrogen and oxygen atoms in total. The van der Waals surface area contributed by atoms with Crippen LogP contribution in [0.5, 0.6) is 0 Å². The number of hydrogen-bond donors (Lipinski definition) is 0. The first kappa shape index (κ1) is 17.0. The first-order chi connectivity index (χ1) is 11.7. The van der Waals surface area contributed by atoms with E-state index < -0.39 is 0 Å². The summed E-state index contributed by atoms with van der Waals surface area (Å²) in [4.78, 5) is 22.0. The molecular weight excluding hydrogens is 322 g/mol. The molecule has 24 heavy (non-hydrogen) atoms. The molecule has 128 valence electrons. The summed E-state index contributed by atoms with van der Waals surface area (Å²) >= 11 is 1.72. The molecule has 0 spiro atoms. The van der Waals surface area contributed by atoms with E-state index in [0.717, 1.165) is 44.8 Å². The number of carbonyl (C=O) groups excluding carboxylic acids is 1. The zero-order valence-electron chi connectivity index (χ0n) is 14.0. The Labute approximate surface area is 146 Å². The van der Waals surface area contributed by atoms with Crippen molar-refractivity contribution < 1.29 is 4.79 Å². The van der Waals surface area contributed by atoms with Gasteiger partial charge in [-0.1, -0.05) is 12.1 Å². The van der Waals surface area contributed by atoms with Crippen LogP contribution in [0, 0.1) is 0 Å². The van der Waals surface area contributed by atoms with Gasteiger partial charge in [0.2, 0.25) is 5.91 Å². The molecule has 1 amide bonds. The monoisotopic (exact) mass is 345 g/mol. The van der Waals surface area contributed by atoms with Gasteiger partial charge in [-0.05, 0) is 24.0 Å². The third-order valence-corrected chi connectivity index (χ3v) is 5.09. The minimum atomic E-state index is 0.225. The van der Waals surface area contributed by atoms with Crippen molar-refractivity contribution in [3.05, 3.63) is 42.5 Å². The number of thioether (sulfide) groups is 1. The van der Waals surface area contributed by atoms with E-state index in [1.54, 1.807) is 24.4 Å². The lowest BCUT2D eigenvalue weighted by atomic mass is 10.1. The van der Waals surface area contributed by atoms with Crippen LogP contribution in [0.15, 0.2) is 41.8 Å². The average molecular weight is 345 g/mol. The molecular formula is C17H23N5OS. The van der Waals surface area contributed by atoms with Crippen molar-refractivity contribution in [2.75, 3.05) is 39.0 Å². The molecule has 2 aromatic rings. The Morgan fingerprint density at radius 3 is 2.50 bits per heavy atom. The predicted molar refractivity (Wildman–Crippen MR) is 95.0 cm³/mol. The molecule has 1 saturated heterocycles. The van der Waals surface area contributed by atoms with Crippen molar-refractivity contribution in [3.63, 3.8) is 0 Å². The van der Waals surface area contributed by atoms with Crippen LogP contribution in [-0.4, -0.2) is 69.5 Å². The number of benzene rings is 1. The standard InChI is InChI=1S/C17H23N5OS/c1-24-16-4-2-15(3-5-16)12-17(23)21-9-6-20(7-10-21)8-11-22-14-18-13-19-22/h2-5,13-14H,6-12H2,1H3. The molecule has 1 aliphatic heterocycles. The van der Waals surface area contributed by atoms with E-state index in [1.807, 2.05) is 9.58 Å². The molecule has 0 aliphatic carbocycles. The molecule has 1 aliphatic rings. The largest absolute Gasteiger partial charge is 0.340 e. The van der Waals surface area contributed by atoms with E-state index in [1.165, 1.54) is 4.90 Å². The molecule has 1 fully saturated rings. The second-order valence-electron chi connectivity index (χ2n) is 5.91. The Kier molecular flexibility index (Phi) is 5.87. The van der Waals surface area contributed by atoms with Gasteiger partial charge < -0.3 is 4.90 Å². The van der Waals surface area contributed by atoms with Gasteiger partial charge >= 0.3 is 0 Å². The Hall–Kier alpha value is -1.86. The van der Waals surface area contributed by atoms with E-state index in [-0.39, 0.29) is 5.91 Å². The lowest BCUT2D eigenvalue weighted by molar-refractivity contribution is -0.132. The van der Waals surface area contributed by atoms with Crippen LogP contribution in [0.2, 0.25) is 0 Å². The molecule has 7 heteroatoms. The fourth-order valence-electron chi connectivity index (χ4n) is 2.84. The summed E-state index contributed by atoms with van der Waals surface area (Å²) < 4.78 is 1.84. The van der Waals surface area contributed by atoms with Gasteiger partial charge in [-0.2, -0.15) is 5.10 Å². The highest BCUT2D eigenvalue weighted by Gasteiger charge is 2.20. The van der Waals surface area contributed by atoms with Crippen LogP contribution in [-0.2, 0) is 17.8 Å². The fourth-order valence-corrected chi connectivity index (χ4v) is 3.25. The number of amides is 1. The second kappa shape index (κ2) is 8.30. The first-order valence-electron chi connectivity index (χ1n) is 8.20. The number of hydrogen-bond acceptors (Lipinski definition) is 5. The van der Waals surface area contributed by atoms with Gasteiger partial charge in [-0.15, -0.1) is 11.8 Å². The smallest absolute Gasteiger partial charge is 0.227 e. The third kappa shape index (κ3) is 4.58. The van der Waals surface area contributed by atoms with Crippen molar-refractivity contribution >= 4 is 17.7 Å². The summed E-state index contributed by atoms with van der Waals surface area (Å²) in [5.41, 5.74) is 1.09. The summed E-state index contributed by atoms with van der Waals surface area (Å²) in [7, 11) is 0. The molecule has 0 N–H and O–H groups in total. The number of rotatable bonds is 6. The van der Waals surface area contributed by atoms with E-state index in [9.17, 15) is 4.79 Å². The molecule has 0 bridgehead atoms. The quantitative estimate of drug-likeness (QED) is 0.741. The number of piperazine rings is 1. The van der Waals surface area contributed by atoms with Gasteiger partial charge in [-0.25, -0.2) is 4.98 Å². The molecule has 1 aromatic heterocycles. The average Bonchev–Trinajstić information content (AvgIpc) is 3.14. The van der Waals surface area contributed by atoms with Gasteiger partial charge in [-0.3, -0.25) is 14.4 Å². The first-order valence-corrected chi connectivity index (χ1v) is 9.42. The van der Waals surface area contributed by atoms with Gasteiger partial charge in [0, 0.05) is 37.6 Å².